The lowest BCUT2D eigenvalue weighted by molar-refractivity contribution is -0.137. The SMILES string of the molecule is C[C@@H]1N=C(c2c(F)cccc2F)c2c(ccc(C(F)(F)F)c2Cl)-n2nc(C(=O)NCCF)nc21. The number of carbonyl (C=O) groups excluding carboxylic acids is 1. The van der Waals surface area contributed by atoms with E-state index in [-0.39, 0.29) is 18.1 Å². The topological polar surface area (TPSA) is 72.2 Å². The molecule has 2 heterocycles. The van der Waals surface area contributed by atoms with Crippen molar-refractivity contribution < 1.29 is 31.1 Å². The maximum absolute atomic E-state index is 14.7. The summed E-state index contributed by atoms with van der Waals surface area (Å²) >= 11 is 6.16. The smallest absolute Gasteiger partial charge is 0.347 e. The van der Waals surface area contributed by atoms with Crippen LogP contribution < -0.4 is 5.32 Å². The highest BCUT2D eigenvalue weighted by Crippen LogP contribution is 2.41. The molecule has 1 amide bonds. The fraction of sp³-hybridized carbons (Fsp3) is 0.238. The lowest BCUT2D eigenvalue weighted by Crippen LogP contribution is -2.26. The van der Waals surface area contributed by atoms with E-state index in [1.165, 1.54) is 6.92 Å². The third-order valence-electron chi connectivity index (χ3n) is 5.00. The minimum Gasteiger partial charge on any atom is -0.347 e. The maximum Gasteiger partial charge on any atom is 0.417 e. The molecule has 3 aromatic rings. The van der Waals surface area contributed by atoms with Crippen molar-refractivity contribution in [3.63, 3.8) is 0 Å². The van der Waals surface area contributed by atoms with Gasteiger partial charge in [-0.25, -0.2) is 22.8 Å². The number of hydrogen-bond donors (Lipinski definition) is 1. The van der Waals surface area contributed by atoms with Gasteiger partial charge in [-0.2, -0.15) is 13.2 Å². The normalized spacial score (nSPS) is 15.3. The van der Waals surface area contributed by atoms with Gasteiger partial charge in [0.2, 0.25) is 5.82 Å². The molecular weight excluding hydrogens is 488 g/mol. The van der Waals surface area contributed by atoms with Crippen LogP contribution in [0.2, 0.25) is 5.02 Å². The summed E-state index contributed by atoms with van der Waals surface area (Å²) in [6, 6.07) is 3.63. The predicted molar refractivity (Wildman–Crippen MR) is 110 cm³/mol. The molecule has 0 spiro atoms. The van der Waals surface area contributed by atoms with Gasteiger partial charge in [0.15, 0.2) is 5.82 Å². The average molecular weight is 502 g/mol. The number of nitrogens with zero attached hydrogens (tertiary/aromatic N) is 4. The number of halogens is 7. The van der Waals surface area contributed by atoms with E-state index in [1.807, 2.05) is 0 Å². The fourth-order valence-corrected chi connectivity index (χ4v) is 3.88. The summed E-state index contributed by atoms with van der Waals surface area (Å²) in [5.74, 6) is -3.36. The summed E-state index contributed by atoms with van der Waals surface area (Å²) in [6.45, 7) is 0.313. The second-order valence-corrected chi connectivity index (χ2v) is 7.60. The van der Waals surface area contributed by atoms with E-state index in [2.05, 4.69) is 20.4 Å². The largest absolute Gasteiger partial charge is 0.417 e. The molecule has 0 bridgehead atoms. The molecule has 1 N–H and O–H groups in total. The van der Waals surface area contributed by atoms with Gasteiger partial charge in [-0.1, -0.05) is 17.7 Å². The highest BCUT2D eigenvalue weighted by Gasteiger charge is 2.38. The first-order valence-corrected chi connectivity index (χ1v) is 10.2. The van der Waals surface area contributed by atoms with Crippen LogP contribution in [0.1, 0.15) is 46.1 Å². The first kappa shape index (κ1) is 23.7. The van der Waals surface area contributed by atoms with Crippen LogP contribution in [-0.4, -0.2) is 39.6 Å². The summed E-state index contributed by atoms with van der Waals surface area (Å²) in [7, 11) is 0. The van der Waals surface area contributed by atoms with Crippen LogP contribution in [0.5, 0.6) is 0 Å². The van der Waals surface area contributed by atoms with E-state index in [1.54, 1.807) is 0 Å². The van der Waals surface area contributed by atoms with Crippen LogP contribution in [0.25, 0.3) is 5.69 Å². The lowest BCUT2D eigenvalue weighted by atomic mass is 9.97. The fourth-order valence-electron chi connectivity index (χ4n) is 3.52. The Morgan fingerprint density at radius 3 is 2.44 bits per heavy atom. The van der Waals surface area contributed by atoms with Crippen LogP contribution >= 0.6 is 11.6 Å². The highest BCUT2D eigenvalue weighted by molar-refractivity contribution is 6.37. The van der Waals surface area contributed by atoms with Gasteiger partial charge in [-0.15, -0.1) is 5.10 Å². The summed E-state index contributed by atoms with van der Waals surface area (Å²) in [5.41, 5.74) is -2.97. The Bertz CT molecular complexity index is 1300. The number of amides is 1. The number of carbonyl (C=O) groups is 1. The van der Waals surface area contributed by atoms with Gasteiger partial charge in [0.25, 0.3) is 5.91 Å². The van der Waals surface area contributed by atoms with Gasteiger partial charge in [0.05, 0.1) is 27.5 Å². The second kappa shape index (κ2) is 8.75. The standard InChI is InChI=1S/C21H14ClF6N5O/c1-9-19-31-18(20(34)29-8-7-23)32-33(19)13-6-5-10(21(26,27)28)16(22)15(13)17(30-9)14-11(24)3-2-4-12(14)25/h2-6,9H,7-8H2,1H3,(H,29,34)/t9-/m0/s1. The van der Waals surface area contributed by atoms with Crippen molar-refractivity contribution in [2.45, 2.75) is 19.1 Å². The first-order valence-electron chi connectivity index (χ1n) is 9.78. The molecule has 0 saturated carbocycles. The molecule has 0 saturated heterocycles. The zero-order valence-corrected chi connectivity index (χ0v) is 18.0. The van der Waals surface area contributed by atoms with Crippen molar-refractivity contribution in [1.82, 2.24) is 20.1 Å². The quantitative estimate of drug-likeness (QED) is 0.521. The van der Waals surface area contributed by atoms with Gasteiger partial charge >= 0.3 is 6.18 Å². The zero-order chi connectivity index (χ0) is 24.8. The van der Waals surface area contributed by atoms with Crippen LogP contribution in [0, 0.1) is 11.6 Å². The van der Waals surface area contributed by atoms with Crippen LogP contribution in [0.4, 0.5) is 26.3 Å². The van der Waals surface area contributed by atoms with Gasteiger partial charge in [0.1, 0.15) is 24.4 Å². The third kappa shape index (κ3) is 4.02. The van der Waals surface area contributed by atoms with E-state index in [4.69, 9.17) is 11.6 Å². The van der Waals surface area contributed by atoms with Crippen LogP contribution in [0.3, 0.4) is 0 Å². The Labute approximate surface area is 193 Å². The van der Waals surface area contributed by atoms with E-state index < -0.39 is 69.7 Å². The van der Waals surface area contributed by atoms with Crippen molar-refractivity contribution >= 4 is 23.2 Å². The molecule has 0 fully saturated rings. The molecule has 2 aromatic carbocycles. The molecule has 13 heteroatoms. The first-order chi connectivity index (χ1) is 16.0. The molecule has 4 rings (SSSR count). The minimum atomic E-state index is -4.88. The molecule has 1 aromatic heterocycles. The molecule has 6 nitrogen and oxygen atoms in total. The molecule has 178 valence electrons. The molecule has 0 radical (unpaired) electrons. The van der Waals surface area contributed by atoms with Gasteiger partial charge in [-0.05, 0) is 31.2 Å². The van der Waals surface area contributed by atoms with Gasteiger partial charge < -0.3 is 5.32 Å². The molecular formula is C21H14ClF6N5O. The van der Waals surface area contributed by atoms with Crippen molar-refractivity contribution in [2.75, 3.05) is 13.2 Å². The van der Waals surface area contributed by atoms with Crippen LogP contribution in [-0.2, 0) is 6.18 Å². The number of aliphatic imine (C=N–C) groups is 1. The van der Waals surface area contributed by atoms with E-state index in [0.717, 1.165) is 28.9 Å². The molecule has 34 heavy (non-hydrogen) atoms. The van der Waals surface area contributed by atoms with Crippen molar-refractivity contribution in [1.29, 1.82) is 0 Å². The molecule has 0 aliphatic carbocycles. The van der Waals surface area contributed by atoms with Gasteiger partial charge in [0, 0.05) is 12.1 Å². The average Bonchev–Trinajstić information content (AvgIpc) is 3.17. The zero-order valence-electron chi connectivity index (χ0n) is 17.2. The lowest BCUT2D eigenvalue weighted by Gasteiger charge is -2.17. The number of alkyl halides is 4. The minimum absolute atomic E-state index is 0.00535. The molecule has 1 aliphatic rings. The summed E-state index contributed by atoms with van der Waals surface area (Å²) in [5, 5.41) is 5.42. The number of rotatable bonds is 4. The second-order valence-electron chi connectivity index (χ2n) is 7.22. The van der Waals surface area contributed by atoms with E-state index in [0.29, 0.717) is 6.07 Å². The maximum atomic E-state index is 14.7. The molecule has 1 atom stereocenters. The number of aromatic nitrogens is 3. The Morgan fingerprint density at radius 2 is 1.82 bits per heavy atom. The van der Waals surface area contributed by atoms with Crippen molar-refractivity contribution in [3.05, 3.63) is 75.3 Å². The number of benzene rings is 2. The van der Waals surface area contributed by atoms with E-state index >= 15 is 0 Å². The number of nitrogens with one attached hydrogen (secondary N) is 1. The number of hydrogen-bond acceptors (Lipinski definition) is 4. The predicted octanol–water partition coefficient (Wildman–Crippen LogP) is 4.83. The summed E-state index contributed by atoms with van der Waals surface area (Å²) in [4.78, 5) is 20.5. The summed E-state index contributed by atoms with van der Waals surface area (Å²) < 4.78 is 83.7. The monoisotopic (exact) mass is 501 g/mol. The van der Waals surface area contributed by atoms with Crippen molar-refractivity contribution in [3.8, 4) is 5.69 Å². The summed E-state index contributed by atoms with van der Waals surface area (Å²) in [6.07, 6.45) is -4.88. The van der Waals surface area contributed by atoms with E-state index in [9.17, 15) is 31.1 Å². The Hall–Kier alpha value is -3.41. The van der Waals surface area contributed by atoms with Crippen LogP contribution in [0.15, 0.2) is 35.3 Å². The Kier molecular flexibility index (Phi) is 6.11. The molecule has 0 unspecified atom stereocenters. The van der Waals surface area contributed by atoms with Crippen molar-refractivity contribution in [2.24, 2.45) is 4.99 Å². The van der Waals surface area contributed by atoms with Gasteiger partial charge in [-0.3, -0.25) is 9.79 Å². The molecule has 1 aliphatic heterocycles. The Morgan fingerprint density at radius 1 is 1.15 bits per heavy atom. The Balaban J connectivity index is 2.03. The number of fused-ring (bicyclic) bond motifs is 3. The highest BCUT2D eigenvalue weighted by atomic mass is 35.5. The third-order valence-corrected chi connectivity index (χ3v) is 5.39.